The molecule has 1 heterocycles. The van der Waals surface area contributed by atoms with Gasteiger partial charge in [-0.05, 0) is 43.1 Å². The molecule has 2 N–H and O–H groups in total. The van der Waals surface area contributed by atoms with Crippen LogP contribution < -0.4 is 10.8 Å². The van der Waals surface area contributed by atoms with Crippen molar-refractivity contribution >= 4 is 17.7 Å². The molecule has 1 aromatic rings. The zero-order valence-electron chi connectivity index (χ0n) is 28.5. The molecule has 250 valence electrons. The van der Waals surface area contributed by atoms with Crippen LogP contribution in [0.5, 0.6) is 0 Å². The van der Waals surface area contributed by atoms with E-state index in [0.29, 0.717) is 44.4 Å². The summed E-state index contributed by atoms with van der Waals surface area (Å²) < 4.78 is 5.66. The topological polar surface area (TPSA) is 100 Å². The molecule has 0 spiro atoms. The molecule has 9 heteroatoms. The first kappa shape index (κ1) is 37.7. The molecule has 0 bridgehead atoms. The number of nitrogens with one attached hydrogen (secondary N) is 2. The highest BCUT2D eigenvalue weighted by Crippen LogP contribution is 2.31. The van der Waals surface area contributed by atoms with Gasteiger partial charge >= 0.3 is 0 Å². The normalized spacial score (nSPS) is 17.2. The summed E-state index contributed by atoms with van der Waals surface area (Å²) in [5.74, 6) is 0.459. The van der Waals surface area contributed by atoms with Crippen molar-refractivity contribution in [2.75, 3.05) is 39.3 Å². The molecule has 1 saturated heterocycles. The van der Waals surface area contributed by atoms with Crippen LogP contribution in [-0.2, 0) is 30.5 Å². The monoisotopic (exact) mass is 616 g/mol. The van der Waals surface area contributed by atoms with Crippen LogP contribution in [0.25, 0.3) is 0 Å². The number of piperazine rings is 1. The standard InChI is InChI=1S/C31H50N4O5.C4H10/c1-5-30(39-22-23(2)3)40-33-28(36)19-27(18-25-8-6-7-9-25)31(38)32-20-29(37)35-16-14-34(15-17-35)21-26-12-10-24(4)11-13-26;1-4(2)3/h10-13,23,25,27,30H,5-9,14-22H2,1-4H3,(H,32,38)(H,33,36);4H,1-3H3. The number of rotatable bonds is 15. The van der Waals surface area contributed by atoms with Gasteiger partial charge < -0.3 is 15.0 Å². The SMILES string of the molecule is CC(C)C.CCC(OCC(C)C)ONC(=O)CC(CC1CCCC1)C(=O)NCC(=O)N1CCN(Cc2ccc(C)cc2)CC1. The van der Waals surface area contributed by atoms with E-state index >= 15 is 0 Å². The van der Waals surface area contributed by atoms with Crippen molar-refractivity contribution in [3.05, 3.63) is 35.4 Å². The number of hydrogen-bond donors (Lipinski definition) is 2. The number of ether oxygens (including phenoxy) is 1. The van der Waals surface area contributed by atoms with Crippen molar-refractivity contribution in [1.29, 1.82) is 0 Å². The van der Waals surface area contributed by atoms with Gasteiger partial charge in [-0.2, -0.15) is 0 Å². The van der Waals surface area contributed by atoms with Gasteiger partial charge in [-0.3, -0.25) is 19.3 Å². The summed E-state index contributed by atoms with van der Waals surface area (Å²) >= 11 is 0. The second-order valence-corrected chi connectivity index (χ2v) is 13.6. The van der Waals surface area contributed by atoms with Gasteiger partial charge in [-0.25, -0.2) is 10.3 Å². The van der Waals surface area contributed by atoms with Gasteiger partial charge in [0, 0.05) is 45.1 Å². The Balaban J connectivity index is 0.00000159. The minimum absolute atomic E-state index is 0.0226. The third-order valence-electron chi connectivity index (χ3n) is 7.81. The number of carbonyl (C=O) groups excluding carboxylic acids is 3. The van der Waals surface area contributed by atoms with Gasteiger partial charge in [0.25, 0.3) is 0 Å². The summed E-state index contributed by atoms with van der Waals surface area (Å²) in [6.45, 7) is 18.9. The van der Waals surface area contributed by atoms with E-state index in [1.807, 2.05) is 11.8 Å². The van der Waals surface area contributed by atoms with Crippen LogP contribution in [0.1, 0.15) is 97.6 Å². The minimum Gasteiger partial charge on any atom is -0.350 e. The van der Waals surface area contributed by atoms with E-state index in [0.717, 1.165) is 51.2 Å². The molecule has 3 rings (SSSR count). The molecule has 0 aromatic heterocycles. The van der Waals surface area contributed by atoms with Gasteiger partial charge in [0.15, 0.2) is 6.29 Å². The van der Waals surface area contributed by atoms with Crippen LogP contribution in [-0.4, -0.2) is 73.1 Å². The highest BCUT2D eigenvalue weighted by Gasteiger charge is 2.29. The molecule has 3 amide bonds. The lowest BCUT2D eigenvalue weighted by atomic mass is 9.90. The molecule has 9 nitrogen and oxygen atoms in total. The smallest absolute Gasteiger partial charge is 0.244 e. The number of benzene rings is 1. The molecule has 2 atom stereocenters. The van der Waals surface area contributed by atoms with Crippen LogP contribution in [0.3, 0.4) is 0 Å². The maximum atomic E-state index is 13.2. The van der Waals surface area contributed by atoms with Gasteiger partial charge in [-0.15, -0.1) is 0 Å². The van der Waals surface area contributed by atoms with Crippen LogP contribution in [0, 0.1) is 30.6 Å². The third-order valence-corrected chi connectivity index (χ3v) is 7.81. The maximum Gasteiger partial charge on any atom is 0.244 e. The fraction of sp³-hybridized carbons (Fsp3) is 0.743. The molecular weight excluding hydrogens is 556 g/mol. The Morgan fingerprint density at radius 2 is 1.57 bits per heavy atom. The number of hydrogen-bond acceptors (Lipinski definition) is 6. The molecule has 0 radical (unpaired) electrons. The van der Waals surface area contributed by atoms with E-state index in [1.165, 1.54) is 11.1 Å². The molecule has 2 aliphatic rings. The lowest BCUT2D eigenvalue weighted by molar-refractivity contribution is -0.192. The van der Waals surface area contributed by atoms with Crippen molar-refractivity contribution in [3.8, 4) is 0 Å². The number of hydroxylamine groups is 1. The van der Waals surface area contributed by atoms with Crippen molar-refractivity contribution in [2.45, 2.75) is 106 Å². The minimum atomic E-state index is -0.525. The van der Waals surface area contributed by atoms with Gasteiger partial charge in [0.1, 0.15) is 0 Å². The fourth-order valence-electron chi connectivity index (χ4n) is 5.39. The fourth-order valence-corrected chi connectivity index (χ4v) is 5.39. The van der Waals surface area contributed by atoms with Crippen molar-refractivity contribution < 1.29 is 24.0 Å². The van der Waals surface area contributed by atoms with Crippen LogP contribution >= 0.6 is 0 Å². The maximum absolute atomic E-state index is 13.2. The van der Waals surface area contributed by atoms with E-state index in [1.54, 1.807) is 0 Å². The first-order chi connectivity index (χ1) is 21.0. The molecule has 1 aromatic carbocycles. The molecule has 2 unspecified atom stereocenters. The average Bonchev–Trinajstić information content (AvgIpc) is 3.50. The second kappa shape index (κ2) is 20.5. The average molecular weight is 617 g/mol. The Labute approximate surface area is 266 Å². The van der Waals surface area contributed by atoms with Gasteiger partial charge in [-0.1, -0.05) is 97.1 Å². The quantitative estimate of drug-likeness (QED) is 0.201. The Morgan fingerprint density at radius 1 is 0.955 bits per heavy atom. The summed E-state index contributed by atoms with van der Waals surface area (Å²) in [7, 11) is 0. The summed E-state index contributed by atoms with van der Waals surface area (Å²) in [4.78, 5) is 48.4. The lowest BCUT2D eigenvalue weighted by Gasteiger charge is -2.35. The first-order valence-corrected chi connectivity index (χ1v) is 16.9. The largest absolute Gasteiger partial charge is 0.350 e. The molecule has 44 heavy (non-hydrogen) atoms. The Hall–Kier alpha value is -2.49. The van der Waals surface area contributed by atoms with Crippen LogP contribution in [0.4, 0.5) is 0 Å². The predicted octanol–water partition coefficient (Wildman–Crippen LogP) is 5.46. The highest BCUT2D eigenvalue weighted by molar-refractivity contribution is 5.88. The van der Waals surface area contributed by atoms with Crippen molar-refractivity contribution in [2.24, 2.45) is 23.7 Å². The summed E-state index contributed by atoms with van der Waals surface area (Å²) in [6, 6.07) is 8.55. The predicted molar refractivity (Wildman–Crippen MR) is 175 cm³/mol. The van der Waals surface area contributed by atoms with E-state index in [9.17, 15) is 14.4 Å². The number of nitrogens with zero attached hydrogens (tertiary/aromatic N) is 2. The van der Waals surface area contributed by atoms with E-state index in [4.69, 9.17) is 9.57 Å². The number of carbonyl (C=O) groups is 3. The summed E-state index contributed by atoms with van der Waals surface area (Å²) in [5, 5.41) is 2.84. The summed E-state index contributed by atoms with van der Waals surface area (Å²) in [5.41, 5.74) is 5.00. The number of aryl methyl sites for hydroxylation is 1. The molecule has 1 aliphatic carbocycles. The molecule has 2 fully saturated rings. The second-order valence-electron chi connectivity index (χ2n) is 13.6. The van der Waals surface area contributed by atoms with E-state index < -0.39 is 12.2 Å². The van der Waals surface area contributed by atoms with Crippen LogP contribution in [0.2, 0.25) is 0 Å². The van der Waals surface area contributed by atoms with E-state index in [-0.39, 0.29) is 30.7 Å². The third kappa shape index (κ3) is 15.5. The zero-order chi connectivity index (χ0) is 32.5. The van der Waals surface area contributed by atoms with Crippen molar-refractivity contribution in [1.82, 2.24) is 20.6 Å². The molecule has 1 saturated carbocycles. The van der Waals surface area contributed by atoms with Gasteiger partial charge in [0.05, 0.1) is 13.2 Å². The van der Waals surface area contributed by atoms with Crippen LogP contribution in [0.15, 0.2) is 24.3 Å². The zero-order valence-corrected chi connectivity index (χ0v) is 28.5. The number of amides is 3. The molecular formula is C35H60N4O5. The van der Waals surface area contributed by atoms with Crippen molar-refractivity contribution in [3.63, 3.8) is 0 Å². The van der Waals surface area contributed by atoms with E-state index in [2.05, 4.69) is 81.5 Å². The Bertz CT molecular complexity index is 967. The molecule has 1 aliphatic heterocycles. The highest BCUT2D eigenvalue weighted by atomic mass is 16.8. The van der Waals surface area contributed by atoms with Gasteiger partial charge in [0.2, 0.25) is 17.7 Å². The summed E-state index contributed by atoms with van der Waals surface area (Å²) in [6.07, 6.45) is 5.22. The Morgan fingerprint density at radius 3 is 2.14 bits per heavy atom. The lowest BCUT2D eigenvalue weighted by Crippen LogP contribution is -2.51. The first-order valence-electron chi connectivity index (χ1n) is 16.9. The Kier molecular flexibility index (Phi) is 17.6.